The second-order valence-electron chi connectivity index (χ2n) is 8.92. The van der Waals surface area contributed by atoms with Crippen molar-refractivity contribution in [2.75, 3.05) is 39.8 Å². The third kappa shape index (κ3) is 3.93. The molecule has 3 aliphatic rings. The highest BCUT2D eigenvalue weighted by molar-refractivity contribution is 5.94. The van der Waals surface area contributed by atoms with Gasteiger partial charge in [-0.15, -0.1) is 0 Å². The van der Waals surface area contributed by atoms with Crippen LogP contribution in [0, 0.1) is 17.2 Å². The average Bonchev–Trinajstić information content (AvgIpc) is 3.20. The Morgan fingerprint density at radius 3 is 2.75 bits per heavy atom. The molecule has 5 nitrogen and oxygen atoms in total. The minimum Gasteiger partial charge on any atom is -0.345 e. The second-order valence-corrected chi connectivity index (χ2v) is 8.92. The van der Waals surface area contributed by atoms with Gasteiger partial charge in [0.05, 0.1) is 5.56 Å². The number of carbonyl (C=O) groups is 2. The summed E-state index contributed by atoms with van der Waals surface area (Å²) in [6, 6.07) is 5.01. The predicted octanol–water partition coefficient (Wildman–Crippen LogP) is 2.45. The first-order valence-electron chi connectivity index (χ1n) is 10.5. The van der Waals surface area contributed by atoms with Crippen LogP contribution in [0.1, 0.15) is 48.0 Å². The smallest absolute Gasteiger partial charge is 0.256 e. The second kappa shape index (κ2) is 7.82. The van der Waals surface area contributed by atoms with E-state index in [-0.39, 0.29) is 22.8 Å². The van der Waals surface area contributed by atoms with Gasteiger partial charge in [0.2, 0.25) is 5.91 Å². The number of nitrogens with zero attached hydrogens (tertiary/aromatic N) is 2. The molecule has 4 rings (SSSR count). The van der Waals surface area contributed by atoms with E-state index in [0.29, 0.717) is 25.4 Å². The van der Waals surface area contributed by atoms with Gasteiger partial charge in [0.1, 0.15) is 5.82 Å². The maximum Gasteiger partial charge on any atom is 0.256 e. The molecule has 0 aromatic heterocycles. The Labute approximate surface area is 166 Å². The first-order valence-corrected chi connectivity index (χ1v) is 10.5. The SMILES string of the molecule is CN1CC2(CCC1=O)CCN(C(=O)c1cc(CC3CCNC3)ccc1F)CC2. The van der Waals surface area contributed by atoms with E-state index in [1.54, 1.807) is 11.0 Å². The zero-order valence-corrected chi connectivity index (χ0v) is 16.7. The summed E-state index contributed by atoms with van der Waals surface area (Å²) in [5.41, 5.74) is 1.37. The Bertz CT molecular complexity index is 752. The first kappa shape index (κ1) is 19.4. The molecule has 3 fully saturated rings. The van der Waals surface area contributed by atoms with Crippen LogP contribution in [0.3, 0.4) is 0 Å². The lowest BCUT2D eigenvalue weighted by molar-refractivity contribution is -0.137. The van der Waals surface area contributed by atoms with E-state index in [1.807, 2.05) is 18.0 Å². The Morgan fingerprint density at radius 2 is 2.07 bits per heavy atom. The van der Waals surface area contributed by atoms with E-state index in [0.717, 1.165) is 57.3 Å². The molecule has 28 heavy (non-hydrogen) atoms. The monoisotopic (exact) mass is 387 g/mol. The van der Waals surface area contributed by atoms with Crippen LogP contribution >= 0.6 is 0 Å². The van der Waals surface area contributed by atoms with Crippen LogP contribution in [0.4, 0.5) is 4.39 Å². The van der Waals surface area contributed by atoms with E-state index in [1.165, 1.54) is 6.07 Å². The number of rotatable bonds is 3. The summed E-state index contributed by atoms with van der Waals surface area (Å²) in [6.07, 6.45) is 5.27. The molecule has 1 aromatic rings. The van der Waals surface area contributed by atoms with Crippen molar-refractivity contribution in [1.29, 1.82) is 0 Å². The van der Waals surface area contributed by atoms with Gasteiger partial charge in [0, 0.05) is 33.1 Å². The summed E-state index contributed by atoms with van der Waals surface area (Å²) in [5, 5.41) is 3.35. The predicted molar refractivity (Wildman–Crippen MR) is 106 cm³/mol. The number of halogens is 1. The summed E-state index contributed by atoms with van der Waals surface area (Å²) in [4.78, 5) is 28.4. The number of benzene rings is 1. The third-order valence-electron chi connectivity index (χ3n) is 6.93. The number of hydrogen-bond donors (Lipinski definition) is 1. The number of likely N-dealkylation sites (tertiary alicyclic amines) is 2. The fourth-order valence-electron chi connectivity index (χ4n) is 5.08. The van der Waals surface area contributed by atoms with Gasteiger partial charge in [-0.3, -0.25) is 9.59 Å². The number of piperidine rings is 2. The minimum absolute atomic E-state index is 0.120. The lowest BCUT2D eigenvalue weighted by Gasteiger charge is -2.46. The summed E-state index contributed by atoms with van der Waals surface area (Å²) < 4.78 is 14.4. The molecule has 1 atom stereocenters. The fourth-order valence-corrected chi connectivity index (χ4v) is 5.08. The van der Waals surface area contributed by atoms with Gasteiger partial charge >= 0.3 is 0 Å². The molecule has 0 aliphatic carbocycles. The summed E-state index contributed by atoms with van der Waals surface area (Å²) in [5.74, 6) is 0.148. The molecule has 1 N–H and O–H groups in total. The maximum atomic E-state index is 14.4. The molecule has 0 saturated carbocycles. The van der Waals surface area contributed by atoms with Gasteiger partial charge in [-0.05, 0) is 74.2 Å². The Kier molecular flexibility index (Phi) is 5.41. The van der Waals surface area contributed by atoms with Crippen molar-refractivity contribution >= 4 is 11.8 Å². The van der Waals surface area contributed by atoms with Crippen LogP contribution in [0.15, 0.2) is 18.2 Å². The molecule has 1 aromatic carbocycles. The van der Waals surface area contributed by atoms with Crippen molar-refractivity contribution in [3.8, 4) is 0 Å². The summed E-state index contributed by atoms with van der Waals surface area (Å²) in [7, 11) is 1.86. The quantitative estimate of drug-likeness (QED) is 0.867. The topological polar surface area (TPSA) is 52.7 Å². The lowest BCUT2D eigenvalue weighted by Crippen LogP contribution is -2.51. The van der Waals surface area contributed by atoms with E-state index in [4.69, 9.17) is 0 Å². The molecular weight excluding hydrogens is 357 g/mol. The molecule has 1 unspecified atom stereocenters. The maximum absolute atomic E-state index is 14.4. The van der Waals surface area contributed by atoms with Gasteiger partial charge in [0.15, 0.2) is 0 Å². The molecule has 152 valence electrons. The molecule has 3 aliphatic heterocycles. The summed E-state index contributed by atoms with van der Waals surface area (Å²) in [6.45, 7) is 4.07. The van der Waals surface area contributed by atoms with E-state index < -0.39 is 5.82 Å². The zero-order chi connectivity index (χ0) is 19.7. The van der Waals surface area contributed by atoms with Crippen LogP contribution in [0.25, 0.3) is 0 Å². The minimum atomic E-state index is -0.429. The summed E-state index contributed by atoms with van der Waals surface area (Å²) >= 11 is 0. The Balaban J connectivity index is 1.41. The molecular formula is C22H30FN3O2. The van der Waals surface area contributed by atoms with Gasteiger partial charge in [-0.2, -0.15) is 0 Å². The molecule has 3 saturated heterocycles. The van der Waals surface area contributed by atoms with Crippen molar-refractivity contribution in [3.63, 3.8) is 0 Å². The van der Waals surface area contributed by atoms with E-state index >= 15 is 0 Å². The molecule has 0 bridgehead atoms. The lowest BCUT2D eigenvalue weighted by atomic mass is 9.72. The molecule has 1 spiro atoms. The van der Waals surface area contributed by atoms with Crippen LogP contribution in [0.5, 0.6) is 0 Å². The van der Waals surface area contributed by atoms with Crippen LogP contribution < -0.4 is 5.32 Å². The number of hydrogen-bond acceptors (Lipinski definition) is 3. The highest BCUT2D eigenvalue weighted by atomic mass is 19.1. The standard InChI is InChI=1S/C22H30FN3O2/c1-25-15-22(6-4-20(25)27)7-10-26(11-8-22)21(28)18-13-16(2-3-19(18)23)12-17-5-9-24-14-17/h2-3,13,17,24H,4-12,14-15H2,1H3. The number of nitrogens with one attached hydrogen (secondary N) is 1. The van der Waals surface area contributed by atoms with E-state index in [2.05, 4.69) is 5.32 Å². The fraction of sp³-hybridized carbons (Fsp3) is 0.636. The Hall–Kier alpha value is -1.95. The number of amides is 2. The average molecular weight is 387 g/mol. The molecule has 3 heterocycles. The van der Waals surface area contributed by atoms with Gasteiger partial charge in [0.25, 0.3) is 5.91 Å². The number of carbonyl (C=O) groups excluding carboxylic acids is 2. The van der Waals surface area contributed by atoms with Gasteiger partial charge in [-0.25, -0.2) is 4.39 Å². The van der Waals surface area contributed by atoms with Crippen molar-refractivity contribution < 1.29 is 14.0 Å². The molecule has 2 amide bonds. The van der Waals surface area contributed by atoms with Crippen molar-refractivity contribution in [2.24, 2.45) is 11.3 Å². The highest BCUT2D eigenvalue weighted by Crippen LogP contribution is 2.40. The van der Waals surface area contributed by atoms with Crippen molar-refractivity contribution in [1.82, 2.24) is 15.1 Å². The Morgan fingerprint density at radius 1 is 1.29 bits per heavy atom. The van der Waals surface area contributed by atoms with Gasteiger partial charge < -0.3 is 15.1 Å². The first-order chi connectivity index (χ1) is 13.5. The normalized spacial score (nSPS) is 24.8. The zero-order valence-electron chi connectivity index (χ0n) is 16.7. The largest absolute Gasteiger partial charge is 0.345 e. The van der Waals surface area contributed by atoms with E-state index in [9.17, 15) is 14.0 Å². The van der Waals surface area contributed by atoms with Crippen LogP contribution in [0.2, 0.25) is 0 Å². The molecule has 0 radical (unpaired) electrons. The van der Waals surface area contributed by atoms with Gasteiger partial charge in [-0.1, -0.05) is 6.07 Å². The third-order valence-corrected chi connectivity index (χ3v) is 6.93. The highest BCUT2D eigenvalue weighted by Gasteiger charge is 2.41. The van der Waals surface area contributed by atoms with Crippen LogP contribution in [-0.2, 0) is 11.2 Å². The van der Waals surface area contributed by atoms with Crippen molar-refractivity contribution in [2.45, 2.75) is 38.5 Å². The molecule has 6 heteroatoms. The van der Waals surface area contributed by atoms with Crippen LogP contribution in [-0.4, -0.2) is 61.4 Å². The van der Waals surface area contributed by atoms with Crippen molar-refractivity contribution in [3.05, 3.63) is 35.1 Å².